The molecule has 1 aromatic carbocycles. The Morgan fingerprint density at radius 2 is 2.29 bits per heavy atom. The van der Waals surface area contributed by atoms with E-state index in [1.54, 1.807) is 18.9 Å². The Hall–Kier alpha value is -2.10. The number of fused-ring (bicyclic) bond motifs is 1. The molecular formula is C10H8N4. The fourth-order valence-corrected chi connectivity index (χ4v) is 1.50. The van der Waals surface area contributed by atoms with Crippen molar-refractivity contribution in [1.82, 2.24) is 19.5 Å². The van der Waals surface area contributed by atoms with Gasteiger partial charge in [-0.15, -0.1) is 0 Å². The number of hydrogen-bond acceptors (Lipinski definition) is 2. The van der Waals surface area contributed by atoms with E-state index in [2.05, 4.69) is 15.0 Å². The first kappa shape index (κ1) is 7.32. The average molecular weight is 184 g/mol. The summed E-state index contributed by atoms with van der Waals surface area (Å²) in [4.78, 5) is 11.2. The van der Waals surface area contributed by atoms with Crippen LogP contribution in [0.15, 0.2) is 43.2 Å². The van der Waals surface area contributed by atoms with E-state index in [0.717, 1.165) is 16.7 Å². The highest BCUT2D eigenvalue weighted by atomic mass is 15.0. The van der Waals surface area contributed by atoms with Crippen molar-refractivity contribution in [2.24, 2.45) is 0 Å². The minimum absolute atomic E-state index is 0.980. The molecule has 14 heavy (non-hydrogen) atoms. The van der Waals surface area contributed by atoms with Crippen LogP contribution < -0.4 is 0 Å². The van der Waals surface area contributed by atoms with Crippen LogP contribution in [0.4, 0.5) is 0 Å². The van der Waals surface area contributed by atoms with Gasteiger partial charge in [-0.1, -0.05) is 0 Å². The lowest BCUT2D eigenvalue weighted by Gasteiger charge is -2.00. The van der Waals surface area contributed by atoms with E-state index in [4.69, 9.17) is 0 Å². The Bertz CT molecular complexity index is 550. The molecular weight excluding hydrogens is 176 g/mol. The van der Waals surface area contributed by atoms with Crippen molar-refractivity contribution < 1.29 is 0 Å². The molecule has 0 radical (unpaired) electrons. The molecule has 3 aromatic rings. The third kappa shape index (κ3) is 1.01. The normalized spacial score (nSPS) is 10.9. The third-order valence-electron chi connectivity index (χ3n) is 2.21. The van der Waals surface area contributed by atoms with E-state index in [1.807, 2.05) is 29.0 Å². The van der Waals surface area contributed by atoms with E-state index < -0.39 is 0 Å². The Labute approximate surface area is 80.2 Å². The first-order chi connectivity index (χ1) is 6.93. The highest BCUT2D eigenvalue weighted by Crippen LogP contribution is 2.14. The van der Waals surface area contributed by atoms with Gasteiger partial charge >= 0.3 is 0 Å². The molecule has 0 saturated heterocycles. The number of imidazole rings is 2. The van der Waals surface area contributed by atoms with Crippen molar-refractivity contribution >= 4 is 11.0 Å². The van der Waals surface area contributed by atoms with Crippen molar-refractivity contribution in [2.45, 2.75) is 0 Å². The lowest BCUT2D eigenvalue weighted by molar-refractivity contribution is 1.06. The van der Waals surface area contributed by atoms with Crippen LogP contribution in [0.2, 0.25) is 0 Å². The predicted octanol–water partition coefficient (Wildman–Crippen LogP) is 1.75. The van der Waals surface area contributed by atoms with E-state index in [9.17, 15) is 0 Å². The molecule has 68 valence electrons. The Kier molecular flexibility index (Phi) is 1.41. The van der Waals surface area contributed by atoms with Crippen LogP contribution in [0.3, 0.4) is 0 Å². The Morgan fingerprint density at radius 3 is 3.14 bits per heavy atom. The summed E-state index contributed by atoms with van der Waals surface area (Å²) in [7, 11) is 0. The fourth-order valence-electron chi connectivity index (χ4n) is 1.50. The van der Waals surface area contributed by atoms with Gasteiger partial charge in [-0.05, 0) is 18.2 Å². The molecule has 0 fully saturated rings. The monoisotopic (exact) mass is 184 g/mol. The lowest BCUT2D eigenvalue weighted by atomic mass is 10.3. The fraction of sp³-hybridized carbons (Fsp3) is 0. The summed E-state index contributed by atoms with van der Waals surface area (Å²) in [6, 6.07) is 6.05. The molecule has 4 nitrogen and oxygen atoms in total. The van der Waals surface area contributed by atoms with Crippen molar-refractivity contribution in [3.8, 4) is 5.69 Å². The molecule has 0 aliphatic carbocycles. The second kappa shape index (κ2) is 2.70. The molecule has 0 atom stereocenters. The van der Waals surface area contributed by atoms with Crippen molar-refractivity contribution in [1.29, 1.82) is 0 Å². The van der Waals surface area contributed by atoms with Gasteiger partial charge in [0.15, 0.2) is 0 Å². The second-order valence-corrected chi connectivity index (χ2v) is 3.07. The Balaban J connectivity index is 2.23. The summed E-state index contributed by atoms with van der Waals surface area (Å²) in [5, 5.41) is 0. The molecule has 2 aromatic heterocycles. The predicted molar refractivity (Wildman–Crippen MR) is 53.2 cm³/mol. The molecule has 0 aliphatic rings. The number of benzene rings is 1. The number of aromatic nitrogens is 4. The number of H-pyrrole nitrogens is 1. The zero-order valence-corrected chi connectivity index (χ0v) is 7.38. The second-order valence-electron chi connectivity index (χ2n) is 3.07. The van der Waals surface area contributed by atoms with Gasteiger partial charge in [-0.3, -0.25) is 0 Å². The maximum atomic E-state index is 4.16. The number of rotatable bonds is 1. The van der Waals surface area contributed by atoms with Crippen LogP contribution in [0.5, 0.6) is 0 Å². The topological polar surface area (TPSA) is 46.5 Å². The molecule has 0 spiro atoms. The summed E-state index contributed by atoms with van der Waals surface area (Å²) >= 11 is 0. The highest BCUT2D eigenvalue weighted by Gasteiger charge is 1.98. The maximum absolute atomic E-state index is 4.16. The van der Waals surface area contributed by atoms with E-state index in [0.29, 0.717) is 0 Å². The van der Waals surface area contributed by atoms with Gasteiger partial charge in [-0.2, -0.15) is 0 Å². The molecule has 0 amide bonds. The summed E-state index contributed by atoms with van der Waals surface area (Å²) in [5.74, 6) is 0. The molecule has 4 heteroatoms. The van der Waals surface area contributed by atoms with Gasteiger partial charge in [0.1, 0.15) is 0 Å². The first-order valence-electron chi connectivity index (χ1n) is 4.35. The van der Waals surface area contributed by atoms with Crippen LogP contribution in [0.1, 0.15) is 0 Å². The van der Waals surface area contributed by atoms with Gasteiger partial charge in [0.05, 0.1) is 23.7 Å². The van der Waals surface area contributed by atoms with Gasteiger partial charge in [0.2, 0.25) is 0 Å². The van der Waals surface area contributed by atoms with Crippen molar-refractivity contribution in [2.75, 3.05) is 0 Å². The molecule has 0 aliphatic heterocycles. The van der Waals surface area contributed by atoms with Gasteiger partial charge in [-0.25, -0.2) is 9.97 Å². The van der Waals surface area contributed by atoms with Gasteiger partial charge < -0.3 is 9.55 Å². The Morgan fingerprint density at radius 1 is 1.29 bits per heavy atom. The van der Waals surface area contributed by atoms with E-state index in [-0.39, 0.29) is 0 Å². The smallest absolute Gasteiger partial charge is 0.0991 e. The molecule has 0 bridgehead atoms. The van der Waals surface area contributed by atoms with Gasteiger partial charge in [0, 0.05) is 18.1 Å². The maximum Gasteiger partial charge on any atom is 0.0991 e. The quantitative estimate of drug-likeness (QED) is 0.626. The third-order valence-corrected chi connectivity index (χ3v) is 2.21. The summed E-state index contributed by atoms with van der Waals surface area (Å²) in [6.07, 6.45) is 7.15. The average Bonchev–Trinajstić information content (AvgIpc) is 2.88. The summed E-state index contributed by atoms with van der Waals surface area (Å²) < 4.78 is 1.96. The summed E-state index contributed by atoms with van der Waals surface area (Å²) in [5.41, 5.74) is 3.10. The summed E-state index contributed by atoms with van der Waals surface area (Å²) in [6.45, 7) is 0. The minimum Gasteiger partial charge on any atom is -0.345 e. The van der Waals surface area contributed by atoms with Crippen LogP contribution >= 0.6 is 0 Å². The van der Waals surface area contributed by atoms with Gasteiger partial charge in [0.25, 0.3) is 0 Å². The zero-order chi connectivity index (χ0) is 9.38. The SMILES string of the molecule is c1cn(-c2ccc3nc[nH]c3c2)cn1. The van der Waals surface area contributed by atoms with E-state index >= 15 is 0 Å². The molecule has 3 rings (SSSR count). The van der Waals surface area contributed by atoms with Crippen molar-refractivity contribution in [3.63, 3.8) is 0 Å². The molecule has 2 heterocycles. The number of nitrogens with one attached hydrogen (secondary N) is 1. The van der Waals surface area contributed by atoms with Crippen LogP contribution in [-0.4, -0.2) is 19.5 Å². The highest BCUT2D eigenvalue weighted by molar-refractivity contribution is 5.76. The van der Waals surface area contributed by atoms with Crippen LogP contribution in [0, 0.1) is 0 Å². The number of aromatic amines is 1. The zero-order valence-electron chi connectivity index (χ0n) is 7.38. The lowest BCUT2D eigenvalue weighted by Crippen LogP contribution is -1.88. The molecule has 0 saturated carbocycles. The van der Waals surface area contributed by atoms with E-state index in [1.165, 1.54) is 0 Å². The first-order valence-corrected chi connectivity index (χ1v) is 4.35. The molecule has 0 unspecified atom stereocenters. The number of hydrogen-bond donors (Lipinski definition) is 1. The van der Waals surface area contributed by atoms with Crippen LogP contribution in [0.25, 0.3) is 16.7 Å². The standard InChI is InChI=1S/C10H8N4/c1-2-9-10(13-6-12-9)5-8(1)14-4-3-11-7-14/h1-7H,(H,12,13). The number of nitrogens with zero attached hydrogens (tertiary/aromatic N) is 3. The van der Waals surface area contributed by atoms with Crippen molar-refractivity contribution in [3.05, 3.63) is 43.2 Å². The molecule has 1 N–H and O–H groups in total. The van der Waals surface area contributed by atoms with Crippen LogP contribution in [-0.2, 0) is 0 Å². The minimum atomic E-state index is 0.980. The largest absolute Gasteiger partial charge is 0.345 e.